The molecule has 0 unspecified atom stereocenters. The predicted octanol–water partition coefficient (Wildman–Crippen LogP) is 0.961. The van der Waals surface area contributed by atoms with Gasteiger partial charge in [0.2, 0.25) is 5.91 Å². The van der Waals surface area contributed by atoms with Gasteiger partial charge in [-0.15, -0.1) is 0 Å². The Balaban J connectivity index is 1.78. The van der Waals surface area contributed by atoms with Crippen LogP contribution in [-0.4, -0.2) is 32.0 Å². The normalized spacial score (nSPS) is 21.6. The molecule has 1 atom stereocenters. The van der Waals surface area contributed by atoms with Crippen LogP contribution >= 0.6 is 0 Å². The molecule has 0 saturated carbocycles. The molecule has 19 heavy (non-hydrogen) atoms. The number of rotatable bonds is 4. The van der Waals surface area contributed by atoms with E-state index in [0.717, 1.165) is 5.56 Å². The van der Waals surface area contributed by atoms with Crippen LogP contribution in [0.1, 0.15) is 18.4 Å². The van der Waals surface area contributed by atoms with E-state index in [0.29, 0.717) is 6.42 Å². The summed E-state index contributed by atoms with van der Waals surface area (Å²) in [5, 5.41) is 3.85. The molecular weight excluding hydrogens is 264 g/mol. The lowest BCUT2D eigenvalue weighted by molar-refractivity contribution is -0.121. The van der Waals surface area contributed by atoms with Crippen LogP contribution in [0, 0.1) is 5.92 Å². The first-order valence-electron chi connectivity index (χ1n) is 6.12. The molecule has 0 spiro atoms. The molecule has 0 aliphatic carbocycles. The maximum atomic E-state index is 11.6. The van der Waals surface area contributed by atoms with Gasteiger partial charge in [0, 0.05) is 6.42 Å². The zero-order valence-corrected chi connectivity index (χ0v) is 11.3. The van der Waals surface area contributed by atoms with Crippen LogP contribution in [0.25, 0.3) is 0 Å². The molecule has 1 aliphatic rings. The summed E-state index contributed by atoms with van der Waals surface area (Å²) in [7, 11) is -2.92. The summed E-state index contributed by atoms with van der Waals surface area (Å²) in [6, 6.07) is 9.41. The third-order valence-electron chi connectivity index (χ3n) is 3.00. The van der Waals surface area contributed by atoms with Gasteiger partial charge in [-0.3, -0.25) is 4.79 Å². The number of benzene rings is 1. The van der Waals surface area contributed by atoms with Crippen molar-refractivity contribution < 1.29 is 13.2 Å². The van der Waals surface area contributed by atoms with Crippen LogP contribution in [0.4, 0.5) is 0 Å². The molecule has 5 nitrogen and oxygen atoms in total. The third-order valence-corrected chi connectivity index (χ3v) is 4.84. The zero-order chi connectivity index (χ0) is 13.7. The molecule has 0 aromatic heterocycles. The molecule has 1 aromatic rings. The van der Waals surface area contributed by atoms with Gasteiger partial charge in [0.05, 0.1) is 17.7 Å². The maximum absolute atomic E-state index is 11.6. The van der Waals surface area contributed by atoms with E-state index >= 15 is 0 Å². The van der Waals surface area contributed by atoms with Crippen molar-refractivity contribution >= 4 is 22.0 Å². The molecular formula is C13H16N2O3S. The van der Waals surface area contributed by atoms with Crippen LogP contribution in [0.5, 0.6) is 0 Å². The SMILES string of the molecule is O=C(C[C@H]1CCS(=O)(=O)C1)N/N=C\c1ccccc1. The van der Waals surface area contributed by atoms with Gasteiger partial charge < -0.3 is 0 Å². The minimum Gasteiger partial charge on any atom is -0.273 e. The lowest BCUT2D eigenvalue weighted by Gasteiger charge is -2.05. The highest BCUT2D eigenvalue weighted by molar-refractivity contribution is 7.91. The van der Waals surface area contributed by atoms with Gasteiger partial charge in [-0.2, -0.15) is 5.10 Å². The van der Waals surface area contributed by atoms with Crippen molar-refractivity contribution in [2.75, 3.05) is 11.5 Å². The number of nitrogens with zero attached hydrogens (tertiary/aromatic N) is 1. The Hall–Kier alpha value is -1.69. The van der Waals surface area contributed by atoms with E-state index in [1.165, 1.54) is 0 Å². The Morgan fingerprint density at radius 3 is 2.74 bits per heavy atom. The summed E-state index contributed by atoms with van der Waals surface area (Å²) in [6.45, 7) is 0. The molecule has 1 fully saturated rings. The molecule has 1 aliphatic heterocycles. The molecule has 0 radical (unpaired) electrons. The Morgan fingerprint density at radius 1 is 1.37 bits per heavy atom. The van der Waals surface area contributed by atoms with Gasteiger partial charge >= 0.3 is 0 Å². The van der Waals surface area contributed by atoms with Crippen LogP contribution in [0.15, 0.2) is 35.4 Å². The van der Waals surface area contributed by atoms with Gasteiger partial charge in [0.1, 0.15) is 0 Å². The third kappa shape index (κ3) is 4.48. The molecule has 1 saturated heterocycles. The number of amides is 1. The van der Waals surface area contributed by atoms with E-state index in [4.69, 9.17) is 0 Å². The van der Waals surface area contributed by atoms with Crippen molar-refractivity contribution in [3.63, 3.8) is 0 Å². The van der Waals surface area contributed by atoms with Crippen LogP contribution in [0.2, 0.25) is 0 Å². The molecule has 0 bridgehead atoms. The smallest absolute Gasteiger partial charge is 0.240 e. The van der Waals surface area contributed by atoms with E-state index in [1.807, 2.05) is 30.3 Å². The molecule has 102 valence electrons. The van der Waals surface area contributed by atoms with Crippen molar-refractivity contribution in [1.29, 1.82) is 0 Å². The lowest BCUT2D eigenvalue weighted by Crippen LogP contribution is -2.21. The summed E-state index contributed by atoms with van der Waals surface area (Å²) < 4.78 is 22.5. The summed E-state index contributed by atoms with van der Waals surface area (Å²) in [4.78, 5) is 11.6. The molecule has 1 N–H and O–H groups in total. The molecule has 6 heteroatoms. The predicted molar refractivity (Wildman–Crippen MR) is 73.6 cm³/mol. The second-order valence-electron chi connectivity index (χ2n) is 4.68. The van der Waals surface area contributed by atoms with E-state index < -0.39 is 9.84 Å². The van der Waals surface area contributed by atoms with Gasteiger partial charge in [0.25, 0.3) is 0 Å². The van der Waals surface area contributed by atoms with Crippen LogP contribution in [0.3, 0.4) is 0 Å². The summed E-state index contributed by atoms with van der Waals surface area (Å²) in [6.07, 6.45) is 2.34. The summed E-state index contributed by atoms with van der Waals surface area (Å²) in [5.74, 6) is -0.00710. The Morgan fingerprint density at radius 2 is 2.11 bits per heavy atom. The van der Waals surface area contributed by atoms with E-state index in [1.54, 1.807) is 6.21 Å². The molecule has 2 rings (SSSR count). The highest BCUT2D eigenvalue weighted by atomic mass is 32.2. The monoisotopic (exact) mass is 280 g/mol. The first kappa shape index (κ1) is 13.7. The van der Waals surface area contributed by atoms with Gasteiger partial charge in [-0.05, 0) is 17.9 Å². The number of carbonyl (C=O) groups is 1. The standard InChI is InChI=1S/C13H16N2O3S/c16-13(8-12-6-7-19(17,18)10-12)15-14-9-11-4-2-1-3-5-11/h1-5,9,12H,6-8,10H2,(H,15,16)/b14-9-/t12-/m1/s1. The minimum absolute atomic E-state index is 0.0723. The fourth-order valence-electron chi connectivity index (χ4n) is 2.06. The van der Waals surface area contributed by atoms with Crippen molar-refractivity contribution in [2.45, 2.75) is 12.8 Å². The fourth-order valence-corrected chi connectivity index (χ4v) is 3.92. The second kappa shape index (κ2) is 5.97. The van der Waals surface area contributed by atoms with Crippen molar-refractivity contribution in [1.82, 2.24) is 5.43 Å². The largest absolute Gasteiger partial charge is 0.273 e. The lowest BCUT2D eigenvalue weighted by atomic mass is 10.1. The first-order valence-corrected chi connectivity index (χ1v) is 7.95. The zero-order valence-electron chi connectivity index (χ0n) is 10.5. The Bertz CT molecular complexity index is 567. The molecule has 1 heterocycles. The van der Waals surface area contributed by atoms with Gasteiger partial charge in [0.15, 0.2) is 9.84 Å². The number of hydrazone groups is 1. The summed E-state index contributed by atoms with van der Waals surface area (Å²) >= 11 is 0. The van der Waals surface area contributed by atoms with Crippen molar-refractivity contribution in [2.24, 2.45) is 11.0 Å². The van der Waals surface area contributed by atoms with E-state index in [9.17, 15) is 13.2 Å². The van der Waals surface area contributed by atoms with Gasteiger partial charge in [-0.1, -0.05) is 30.3 Å². The summed E-state index contributed by atoms with van der Waals surface area (Å²) in [5.41, 5.74) is 3.32. The fraction of sp³-hybridized carbons (Fsp3) is 0.385. The minimum atomic E-state index is -2.92. The second-order valence-corrected chi connectivity index (χ2v) is 6.91. The number of carbonyl (C=O) groups excluding carboxylic acids is 1. The average molecular weight is 280 g/mol. The van der Waals surface area contributed by atoms with Crippen molar-refractivity contribution in [3.05, 3.63) is 35.9 Å². The first-order chi connectivity index (χ1) is 9.05. The van der Waals surface area contributed by atoms with Crippen LogP contribution < -0.4 is 5.43 Å². The van der Waals surface area contributed by atoms with Gasteiger partial charge in [-0.25, -0.2) is 13.8 Å². The highest BCUT2D eigenvalue weighted by Crippen LogP contribution is 2.21. The van der Waals surface area contributed by atoms with E-state index in [-0.39, 0.29) is 29.8 Å². The highest BCUT2D eigenvalue weighted by Gasteiger charge is 2.29. The molecule has 1 aromatic carbocycles. The quantitative estimate of drug-likeness (QED) is 0.659. The number of nitrogens with one attached hydrogen (secondary N) is 1. The van der Waals surface area contributed by atoms with Crippen LogP contribution in [-0.2, 0) is 14.6 Å². The number of sulfone groups is 1. The Labute approximate surface area is 112 Å². The number of hydrogen-bond donors (Lipinski definition) is 1. The molecule has 1 amide bonds. The van der Waals surface area contributed by atoms with E-state index in [2.05, 4.69) is 10.5 Å². The number of hydrogen-bond acceptors (Lipinski definition) is 4. The maximum Gasteiger partial charge on any atom is 0.240 e. The topological polar surface area (TPSA) is 75.6 Å². The van der Waals surface area contributed by atoms with Crippen molar-refractivity contribution in [3.8, 4) is 0 Å². The average Bonchev–Trinajstić information content (AvgIpc) is 2.70. The Kier molecular flexibility index (Phi) is 4.31.